The summed E-state index contributed by atoms with van der Waals surface area (Å²) < 4.78 is 5.61. The Balaban J connectivity index is 1.34. The molecule has 180 valence electrons. The summed E-state index contributed by atoms with van der Waals surface area (Å²) >= 11 is 0. The molecule has 2 aromatic carbocycles. The first-order valence-corrected chi connectivity index (χ1v) is 12.0. The zero-order valence-electron chi connectivity index (χ0n) is 19.6. The van der Waals surface area contributed by atoms with E-state index in [0.717, 1.165) is 22.3 Å². The zero-order valence-corrected chi connectivity index (χ0v) is 19.6. The highest BCUT2D eigenvalue weighted by Gasteiger charge is 2.34. The van der Waals surface area contributed by atoms with E-state index in [1.165, 1.54) is 0 Å². The molecular formula is C27H32N2O5. The lowest BCUT2D eigenvalue weighted by Gasteiger charge is -2.36. The van der Waals surface area contributed by atoms with Gasteiger partial charge in [0.25, 0.3) is 0 Å². The standard InChI is InChI=1S/C27H32N2O5/c1-16(2)11-24(26(32)28-18-12-17(13-18)14-25(30)31)29-27(33)34-15-23-21-9-5-3-7-19(21)20-8-4-6-10-22(20)23/h3-10,16-18,23-24H,11-15H2,1-2H3,(H,28,32)(H,29,33)(H,30,31)/t17?,18?,24-/m0/s1. The van der Waals surface area contributed by atoms with Gasteiger partial charge in [0.2, 0.25) is 5.91 Å². The van der Waals surface area contributed by atoms with Crippen molar-refractivity contribution in [1.29, 1.82) is 0 Å². The molecular weight excluding hydrogens is 432 g/mol. The van der Waals surface area contributed by atoms with E-state index in [-0.39, 0.29) is 42.7 Å². The van der Waals surface area contributed by atoms with Gasteiger partial charge in [0.15, 0.2) is 0 Å². The smallest absolute Gasteiger partial charge is 0.407 e. The van der Waals surface area contributed by atoms with Gasteiger partial charge in [-0.05, 0) is 53.4 Å². The van der Waals surface area contributed by atoms with Crippen LogP contribution in [0.5, 0.6) is 0 Å². The Morgan fingerprint density at radius 1 is 1.00 bits per heavy atom. The lowest BCUT2D eigenvalue weighted by Crippen LogP contribution is -2.53. The minimum absolute atomic E-state index is 0.0447. The van der Waals surface area contributed by atoms with E-state index in [9.17, 15) is 14.4 Å². The van der Waals surface area contributed by atoms with Gasteiger partial charge in [-0.25, -0.2) is 4.79 Å². The Kier molecular flexibility index (Phi) is 7.20. The van der Waals surface area contributed by atoms with Gasteiger partial charge in [-0.2, -0.15) is 0 Å². The maximum atomic E-state index is 12.8. The summed E-state index contributed by atoms with van der Waals surface area (Å²) in [6, 6.07) is 15.5. The maximum absolute atomic E-state index is 12.8. The first-order valence-electron chi connectivity index (χ1n) is 12.0. The number of carbonyl (C=O) groups is 3. The first kappa shape index (κ1) is 23.8. The van der Waals surface area contributed by atoms with E-state index in [0.29, 0.717) is 19.3 Å². The largest absolute Gasteiger partial charge is 0.481 e. The number of rotatable bonds is 9. The van der Waals surface area contributed by atoms with Crippen molar-refractivity contribution in [3.8, 4) is 11.1 Å². The molecule has 0 saturated heterocycles. The number of aliphatic carboxylic acids is 1. The average molecular weight is 465 g/mol. The maximum Gasteiger partial charge on any atom is 0.407 e. The molecule has 1 saturated carbocycles. The van der Waals surface area contributed by atoms with Gasteiger partial charge in [-0.15, -0.1) is 0 Å². The van der Waals surface area contributed by atoms with Crippen molar-refractivity contribution in [2.75, 3.05) is 6.61 Å². The number of amides is 2. The number of ether oxygens (including phenoxy) is 1. The zero-order chi connectivity index (χ0) is 24.2. The van der Waals surface area contributed by atoms with Gasteiger partial charge in [0.05, 0.1) is 0 Å². The van der Waals surface area contributed by atoms with Crippen molar-refractivity contribution in [2.24, 2.45) is 11.8 Å². The summed E-state index contributed by atoms with van der Waals surface area (Å²) in [6.45, 7) is 4.17. The Hall–Kier alpha value is -3.35. The Morgan fingerprint density at radius 2 is 1.59 bits per heavy atom. The van der Waals surface area contributed by atoms with Crippen molar-refractivity contribution < 1.29 is 24.2 Å². The summed E-state index contributed by atoms with van der Waals surface area (Å²) in [5.41, 5.74) is 4.58. The number of benzene rings is 2. The molecule has 34 heavy (non-hydrogen) atoms. The third kappa shape index (κ3) is 5.41. The number of hydrogen-bond donors (Lipinski definition) is 3. The van der Waals surface area contributed by atoms with Crippen LogP contribution in [0.3, 0.4) is 0 Å². The predicted molar refractivity (Wildman–Crippen MR) is 128 cm³/mol. The number of carbonyl (C=O) groups excluding carboxylic acids is 2. The van der Waals surface area contributed by atoms with Crippen LogP contribution in [0.2, 0.25) is 0 Å². The van der Waals surface area contributed by atoms with Crippen LogP contribution < -0.4 is 10.6 Å². The van der Waals surface area contributed by atoms with E-state index in [1.807, 2.05) is 38.1 Å². The van der Waals surface area contributed by atoms with E-state index in [4.69, 9.17) is 9.84 Å². The van der Waals surface area contributed by atoms with Crippen molar-refractivity contribution in [2.45, 2.75) is 57.5 Å². The van der Waals surface area contributed by atoms with Crippen LogP contribution in [0, 0.1) is 11.8 Å². The van der Waals surface area contributed by atoms with Gasteiger partial charge in [-0.1, -0.05) is 62.4 Å². The highest BCUT2D eigenvalue weighted by atomic mass is 16.5. The summed E-state index contributed by atoms with van der Waals surface area (Å²) in [6.07, 6.45) is 1.30. The van der Waals surface area contributed by atoms with Gasteiger partial charge >= 0.3 is 12.1 Å². The molecule has 7 nitrogen and oxygen atoms in total. The summed E-state index contributed by atoms with van der Waals surface area (Å²) in [4.78, 5) is 36.3. The quantitative estimate of drug-likeness (QED) is 0.513. The van der Waals surface area contributed by atoms with Crippen molar-refractivity contribution >= 4 is 18.0 Å². The Morgan fingerprint density at radius 3 is 2.15 bits per heavy atom. The van der Waals surface area contributed by atoms with Crippen LogP contribution in [-0.4, -0.2) is 41.8 Å². The fourth-order valence-corrected chi connectivity index (χ4v) is 5.05. The van der Waals surface area contributed by atoms with E-state index in [2.05, 4.69) is 34.9 Å². The second-order valence-corrected chi connectivity index (χ2v) is 9.79. The molecule has 0 radical (unpaired) electrons. The van der Waals surface area contributed by atoms with E-state index < -0.39 is 18.1 Å². The molecule has 7 heteroatoms. The van der Waals surface area contributed by atoms with Gasteiger partial charge < -0.3 is 20.5 Å². The molecule has 0 unspecified atom stereocenters. The van der Waals surface area contributed by atoms with Crippen LogP contribution in [-0.2, 0) is 14.3 Å². The second kappa shape index (κ2) is 10.3. The van der Waals surface area contributed by atoms with Gasteiger partial charge in [0.1, 0.15) is 12.6 Å². The molecule has 2 aromatic rings. The monoisotopic (exact) mass is 464 g/mol. The van der Waals surface area contributed by atoms with Gasteiger partial charge in [0, 0.05) is 18.4 Å². The molecule has 2 amide bonds. The molecule has 1 atom stereocenters. The topological polar surface area (TPSA) is 105 Å². The highest BCUT2D eigenvalue weighted by molar-refractivity contribution is 5.86. The Labute approximate surface area is 199 Å². The normalized spacial score (nSPS) is 19.5. The first-order chi connectivity index (χ1) is 16.3. The van der Waals surface area contributed by atoms with Crippen LogP contribution in [0.25, 0.3) is 11.1 Å². The lowest BCUT2D eigenvalue weighted by atomic mass is 9.78. The average Bonchev–Trinajstić information content (AvgIpc) is 3.09. The Bertz CT molecular complexity index is 1010. The molecule has 0 aromatic heterocycles. The van der Waals surface area contributed by atoms with Crippen molar-refractivity contribution in [1.82, 2.24) is 10.6 Å². The molecule has 2 aliphatic rings. The molecule has 0 aliphatic heterocycles. The van der Waals surface area contributed by atoms with Gasteiger partial charge in [-0.3, -0.25) is 9.59 Å². The molecule has 0 heterocycles. The third-order valence-electron chi connectivity index (χ3n) is 6.70. The SMILES string of the molecule is CC(C)C[C@H](NC(=O)OCC1c2ccccc2-c2ccccc21)C(=O)NC1CC(CC(=O)O)C1. The lowest BCUT2D eigenvalue weighted by molar-refractivity contribution is -0.139. The van der Waals surface area contributed by atoms with Crippen molar-refractivity contribution in [3.63, 3.8) is 0 Å². The molecule has 3 N–H and O–H groups in total. The number of alkyl carbamates (subject to hydrolysis) is 1. The fourth-order valence-electron chi connectivity index (χ4n) is 5.05. The number of carboxylic acid groups (broad SMARTS) is 1. The highest BCUT2D eigenvalue weighted by Crippen LogP contribution is 2.44. The minimum atomic E-state index is -0.815. The number of nitrogens with one attached hydrogen (secondary N) is 2. The molecule has 0 spiro atoms. The summed E-state index contributed by atoms with van der Waals surface area (Å²) in [5.74, 6) is -0.811. The summed E-state index contributed by atoms with van der Waals surface area (Å²) in [5, 5.41) is 14.6. The third-order valence-corrected chi connectivity index (χ3v) is 6.70. The molecule has 4 rings (SSSR count). The number of fused-ring (bicyclic) bond motifs is 3. The summed E-state index contributed by atoms with van der Waals surface area (Å²) in [7, 11) is 0. The van der Waals surface area contributed by atoms with E-state index in [1.54, 1.807) is 0 Å². The van der Waals surface area contributed by atoms with E-state index >= 15 is 0 Å². The van der Waals surface area contributed by atoms with Crippen LogP contribution >= 0.6 is 0 Å². The minimum Gasteiger partial charge on any atom is -0.481 e. The number of carboxylic acids is 1. The molecule has 1 fully saturated rings. The molecule has 0 bridgehead atoms. The fraction of sp³-hybridized carbons (Fsp3) is 0.444. The second-order valence-electron chi connectivity index (χ2n) is 9.79. The number of hydrogen-bond acceptors (Lipinski definition) is 4. The van der Waals surface area contributed by atoms with Crippen LogP contribution in [0.1, 0.15) is 56.6 Å². The van der Waals surface area contributed by atoms with Crippen LogP contribution in [0.15, 0.2) is 48.5 Å². The van der Waals surface area contributed by atoms with Crippen LogP contribution in [0.4, 0.5) is 4.79 Å². The van der Waals surface area contributed by atoms with Crippen molar-refractivity contribution in [3.05, 3.63) is 59.7 Å². The predicted octanol–water partition coefficient (Wildman–Crippen LogP) is 4.31. The molecule has 2 aliphatic carbocycles.